The molecule has 4 N–H and O–H groups in total. The molecular weight excluding hydrogens is 218 g/mol. The highest BCUT2D eigenvalue weighted by atomic mass is 16.4. The van der Waals surface area contributed by atoms with Gasteiger partial charge in [-0.2, -0.15) is 0 Å². The van der Waals surface area contributed by atoms with E-state index < -0.39 is 5.97 Å². The van der Waals surface area contributed by atoms with Crippen molar-refractivity contribution in [2.45, 2.75) is 31.7 Å². The van der Waals surface area contributed by atoms with Crippen LogP contribution in [-0.4, -0.2) is 55.2 Å². The van der Waals surface area contributed by atoms with E-state index in [0.717, 1.165) is 12.5 Å². The summed E-state index contributed by atoms with van der Waals surface area (Å²) in [5.41, 5.74) is 5.66. The Morgan fingerprint density at radius 2 is 2.18 bits per heavy atom. The molecule has 0 aromatic carbocycles. The topological polar surface area (TPSA) is 78.6 Å². The molecule has 0 aliphatic carbocycles. The van der Waals surface area contributed by atoms with Gasteiger partial charge >= 0.3 is 5.97 Å². The molecule has 0 bridgehead atoms. The van der Waals surface area contributed by atoms with Crippen LogP contribution in [0, 0.1) is 5.92 Å². The molecule has 1 rings (SSSR count). The number of carboxylic acid groups (broad SMARTS) is 1. The summed E-state index contributed by atoms with van der Waals surface area (Å²) in [6.45, 7) is 3.94. The number of carbonyl (C=O) groups is 1. The molecule has 1 fully saturated rings. The van der Waals surface area contributed by atoms with Gasteiger partial charge in [-0.1, -0.05) is 0 Å². The summed E-state index contributed by atoms with van der Waals surface area (Å²) in [4.78, 5) is 12.8. The number of carboxylic acids is 1. The molecule has 0 amide bonds. The zero-order valence-electron chi connectivity index (χ0n) is 10.7. The van der Waals surface area contributed by atoms with Crippen LogP contribution in [0.25, 0.3) is 0 Å². The van der Waals surface area contributed by atoms with Gasteiger partial charge in [0.05, 0.1) is 6.42 Å². The monoisotopic (exact) mass is 243 g/mol. The van der Waals surface area contributed by atoms with E-state index in [1.807, 2.05) is 0 Å². The minimum absolute atomic E-state index is 0.0429. The van der Waals surface area contributed by atoms with E-state index in [9.17, 15) is 4.79 Å². The van der Waals surface area contributed by atoms with E-state index in [0.29, 0.717) is 6.54 Å². The summed E-state index contributed by atoms with van der Waals surface area (Å²) in [5.74, 6) is -0.0102. The van der Waals surface area contributed by atoms with Crippen molar-refractivity contribution in [2.75, 3.05) is 33.2 Å². The van der Waals surface area contributed by atoms with E-state index in [4.69, 9.17) is 10.8 Å². The number of hydrogen-bond donors (Lipinski definition) is 3. The van der Waals surface area contributed by atoms with Gasteiger partial charge in [0.25, 0.3) is 0 Å². The van der Waals surface area contributed by atoms with Gasteiger partial charge in [0.1, 0.15) is 0 Å². The first-order chi connectivity index (χ1) is 8.08. The Morgan fingerprint density at radius 3 is 2.76 bits per heavy atom. The first-order valence-corrected chi connectivity index (χ1v) is 6.44. The summed E-state index contributed by atoms with van der Waals surface area (Å²) >= 11 is 0. The predicted octanol–water partition coefficient (Wildman–Crippen LogP) is 0.110. The van der Waals surface area contributed by atoms with Crippen molar-refractivity contribution < 1.29 is 9.90 Å². The van der Waals surface area contributed by atoms with Gasteiger partial charge in [-0.15, -0.1) is 0 Å². The number of aliphatic carboxylic acids is 1. The van der Waals surface area contributed by atoms with Crippen molar-refractivity contribution in [3.05, 3.63) is 0 Å². The SMILES string of the molecule is CN1CCC(CCNCC(N)CC(=O)O)CC1. The third-order valence-corrected chi connectivity index (χ3v) is 3.41. The lowest BCUT2D eigenvalue weighted by atomic mass is 9.94. The van der Waals surface area contributed by atoms with Crippen LogP contribution in [0.2, 0.25) is 0 Å². The van der Waals surface area contributed by atoms with Gasteiger partial charge in [0, 0.05) is 12.6 Å². The van der Waals surface area contributed by atoms with Crippen molar-refractivity contribution >= 4 is 5.97 Å². The van der Waals surface area contributed by atoms with Crippen LogP contribution in [0.5, 0.6) is 0 Å². The number of hydrogen-bond acceptors (Lipinski definition) is 4. The minimum Gasteiger partial charge on any atom is -0.481 e. The number of nitrogens with zero attached hydrogens (tertiary/aromatic N) is 1. The van der Waals surface area contributed by atoms with Crippen LogP contribution < -0.4 is 11.1 Å². The second-order valence-electron chi connectivity index (χ2n) is 5.10. The molecule has 1 unspecified atom stereocenters. The average molecular weight is 243 g/mol. The van der Waals surface area contributed by atoms with Crippen molar-refractivity contribution in [3.63, 3.8) is 0 Å². The Hall–Kier alpha value is -0.650. The number of nitrogens with two attached hydrogens (primary N) is 1. The van der Waals surface area contributed by atoms with Gasteiger partial charge in [0.15, 0.2) is 0 Å². The summed E-state index contributed by atoms with van der Waals surface area (Å²) in [7, 11) is 2.17. The fourth-order valence-corrected chi connectivity index (χ4v) is 2.24. The molecule has 1 heterocycles. The average Bonchev–Trinajstić information content (AvgIpc) is 2.26. The lowest BCUT2D eigenvalue weighted by molar-refractivity contribution is -0.137. The maximum atomic E-state index is 10.4. The third-order valence-electron chi connectivity index (χ3n) is 3.41. The zero-order valence-corrected chi connectivity index (χ0v) is 10.7. The number of likely N-dealkylation sites (tertiary alicyclic amines) is 1. The second kappa shape index (κ2) is 7.63. The smallest absolute Gasteiger partial charge is 0.304 e. The van der Waals surface area contributed by atoms with Crippen molar-refractivity contribution in [3.8, 4) is 0 Å². The highest BCUT2D eigenvalue weighted by Gasteiger charge is 2.16. The van der Waals surface area contributed by atoms with Crippen LogP contribution in [0.4, 0.5) is 0 Å². The number of nitrogens with one attached hydrogen (secondary N) is 1. The van der Waals surface area contributed by atoms with Gasteiger partial charge < -0.3 is 21.1 Å². The highest BCUT2D eigenvalue weighted by molar-refractivity contribution is 5.67. The van der Waals surface area contributed by atoms with Gasteiger partial charge in [-0.05, 0) is 51.9 Å². The number of piperidine rings is 1. The third kappa shape index (κ3) is 6.61. The fraction of sp³-hybridized carbons (Fsp3) is 0.917. The Bertz CT molecular complexity index is 228. The molecule has 0 saturated carbocycles. The molecule has 1 atom stereocenters. The van der Waals surface area contributed by atoms with Crippen LogP contribution >= 0.6 is 0 Å². The first-order valence-electron chi connectivity index (χ1n) is 6.44. The van der Waals surface area contributed by atoms with Crippen molar-refractivity contribution in [1.82, 2.24) is 10.2 Å². The Balaban J connectivity index is 1.98. The summed E-state index contributed by atoms with van der Waals surface area (Å²) in [5, 5.41) is 11.8. The maximum absolute atomic E-state index is 10.4. The maximum Gasteiger partial charge on any atom is 0.304 e. The highest BCUT2D eigenvalue weighted by Crippen LogP contribution is 2.18. The second-order valence-corrected chi connectivity index (χ2v) is 5.10. The largest absolute Gasteiger partial charge is 0.481 e. The zero-order chi connectivity index (χ0) is 12.7. The van der Waals surface area contributed by atoms with Gasteiger partial charge in [-0.3, -0.25) is 4.79 Å². The molecule has 0 spiro atoms. The molecule has 0 aromatic rings. The summed E-state index contributed by atoms with van der Waals surface area (Å²) < 4.78 is 0. The lowest BCUT2D eigenvalue weighted by Crippen LogP contribution is -2.37. The molecular formula is C12H25N3O2. The summed E-state index contributed by atoms with van der Waals surface area (Å²) in [6.07, 6.45) is 3.77. The quantitative estimate of drug-likeness (QED) is 0.553. The molecule has 0 radical (unpaired) electrons. The Morgan fingerprint density at radius 1 is 1.53 bits per heavy atom. The Kier molecular flexibility index (Phi) is 6.47. The van der Waals surface area contributed by atoms with Crippen LogP contribution in [0.15, 0.2) is 0 Å². The van der Waals surface area contributed by atoms with E-state index in [1.165, 1.54) is 32.4 Å². The molecule has 0 aromatic heterocycles. The van der Waals surface area contributed by atoms with E-state index >= 15 is 0 Å². The predicted molar refractivity (Wildman–Crippen MR) is 67.9 cm³/mol. The summed E-state index contributed by atoms with van der Waals surface area (Å²) in [6, 6.07) is -0.273. The molecule has 1 saturated heterocycles. The first kappa shape index (κ1) is 14.4. The molecule has 5 nitrogen and oxygen atoms in total. The molecule has 1 aliphatic rings. The molecule has 100 valence electrons. The van der Waals surface area contributed by atoms with Gasteiger partial charge in [0.2, 0.25) is 0 Å². The van der Waals surface area contributed by atoms with Crippen LogP contribution in [0.3, 0.4) is 0 Å². The fourth-order valence-electron chi connectivity index (χ4n) is 2.24. The van der Waals surface area contributed by atoms with E-state index in [2.05, 4.69) is 17.3 Å². The number of rotatable bonds is 7. The van der Waals surface area contributed by atoms with Crippen LogP contribution in [-0.2, 0) is 4.79 Å². The standard InChI is InChI=1S/C12H25N3O2/c1-15-6-3-10(4-7-15)2-5-14-9-11(13)8-12(16)17/h10-11,14H,2-9,13H2,1H3,(H,16,17). The van der Waals surface area contributed by atoms with E-state index in [1.54, 1.807) is 0 Å². The molecule has 1 aliphatic heterocycles. The Labute approximate surface area is 103 Å². The van der Waals surface area contributed by atoms with Crippen LogP contribution in [0.1, 0.15) is 25.7 Å². The van der Waals surface area contributed by atoms with Gasteiger partial charge in [-0.25, -0.2) is 0 Å². The molecule has 5 heteroatoms. The van der Waals surface area contributed by atoms with E-state index in [-0.39, 0.29) is 12.5 Å². The molecule has 17 heavy (non-hydrogen) atoms. The van der Waals surface area contributed by atoms with Crippen molar-refractivity contribution in [1.29, 1.82) is 0 Å². The normalized spacial score (nSPS) is 20.4. The van der Waals surface area contributed by atoms with Crippen molar-refractivity contribution in [2.24, 2.45) is 11.7 Å². The lowest BCUT2D eigenvalue weighted by Gasteiger charge is -2.29. The minimum atomic E-state index is -0.824.